The molecule has 0 fully saturated rings. The van der Waals surface area contributed by atoms with E-state index in [1.54, 1.807) is 28.8 Å². The fourth-order valence-electron chi connectivity index (χ4n) is 3.68. The van der Waals surface area contributed by atoms with Crippen LogP contribution in [0.25, 0.3) is 16.5 Å². The lowest BCUT2D eigenvalue weighted by Crippen LogP contribution is -2.33. The quantitative estimate of drug-likeness (QED) is 0.724. The van der Waals surface area contributed by atoms with Gasteiger partial charge in [-0.05, 0) is 24.6 Å². The van der Waals surface area contributed by atoms with Crippen molar-refractivity contribution < 1.29 is 9.90 Å². The Bertz CT molecular complexity index is 1080. The summed E-state index contributed by atoms with van der Waals surface area (Å²) in [6, 6.07) is 16.2. The van der Waals surface area contributed by atoms with E-state index >= 15 is 0 Å². The lowest BCUT2D eigenvalue weighted by atomic mass is 10.0. The van der Waals surface area contributed by atoms with Crippen LogP contribution in [-0.4, -0.2) is 33.6 Å². The molecule has 0 radical (unpaired) electrons. The van der Waals surface area contributed by atoms with Crippen LogP contribution in [0.3, 0.4) is 0 Å². The van der Waals surface area contributed by atoms with Gasteiger partial charge in [0.1, 0.15) is 0 Å². The molecule has 136 valence electrons. The standard InChI is InChI=1S/C22H20N2O3/c25-21-18-12-6-5-11-17(18)20(22(26)27)19(15-23-13-7-2-8-14-23)24(21)16-9-3-1-4-10-16/h1-7,9-12H,8,13-15H2,(H,26,27). The normalized spacial score (nSPS) is 14.5. The van der Waals surface area contributed by atoms with E-state index in [0.717, 1.165) is 19.5 Å². The second kappa shape index (κ2) is 7.21. The third kappa shape index (κ3) is 3.17. The predicted octanol–water partition coefficient (Wildman–Crippen LogP) is 3.45. The van der Waals surface area contributed by atoms with Gasteiger partial charge in [0.15, 0.2) is 0 Å². The minimum absolute atomic E-state index is 0.190. The van der Waals surface area contributed by atoms with Gasteiger partial charge in [-0.15, -0.1) is 0 Å². The number of aromatic nitrogens is 1. The van der Waals surface area contributed by atoms with E-state index in [4.69, 9.17) is 0 Å². The van der Waals surface area contributed by atoms with Crippen LogP contribution < -0.4 is 5.56 Å². The van der Waals surface area contributed by atoms with Crippen molar-refractivity contribution in [1.29, 1.82) is 0 Å². The number of pyridine rings is 1. The van der Waals surface area contributed by atoms with E-state index in [1.807, 2.05) is 30.3 Å². The van der Waals surface area contributed by atoms with Crippen LogP contribution in [0.4, 0.5) is 0 Å². The van der Waals surface area contributed by atoms with Gasteiger partial charge < -0.3 is 5.11 Å². The number of para-hydroxylation sites is 1. The molecule has 2 aromatic carbocycles. The van der Waals surface area contributed by atoms with E-state index in [0.29, 0.717) is 28.7 Å². The lowest BCUT2D eigenvalue weighted by molar-refractivity contribution is 0.0695. The molecule has 0 aliphatic carbocycles. The molecule has 1 N–H and O–H groups in total. The molecule has 0 saturated heterocycles. The number of hydrogen-bond donors (Lipinski definition) is 1. The van der Waals surface area contributed by atoms with Crippen molar-refractivity contribution in [2.24, 2.45) is 0 Å². The van der Waals surface area contributed by atoms with Crippen LogP contribution in [0.5, 0.6) is 0 Å². The number of rotatable bonds is 4. The van der Waals surface area contributed by atoms with Crippen LogP contribution >= 0.6 is 0 Å². The number of nitrogens with zero attached hydrogens (tertiary/aromatic N) is 2. The van der Waals surface area contributed by atoms with Crippen molar-refractivity contribution in [2.75, 3.05) is 13.1 Å². The molecule has 0 unspecified atom stereocenters. The first-order valence-corrected chi connectivity index (χ1v) is 8.99. The Morgan fingerprint density at radius 2 is 1.67 bits per heavy atom. The monoisotopic (exact) mass is 360 g/mol. The molecule has 0 amide bonds. The third-order valence-corrected chi connectivity index (χ3v) is 4.93. The van der Waals surface area contributed by atoms with Gasteiger partial charge >= 0.3 is 5.97 Å². The fraction of sp³-hybridized carbons (Fsp3) is 0.182. The number of carboxylic acids is 1. The minimum atomic E-state index is -1.02. The van der Waals surface area contributed by atoms with Crippen molar-refractivity contribution in [3.63, 3.8) is 0 Å². The summed E-state index contributed by atoms with van der Waals surface area (Å²) < 4.78 is 1.56. The molecular formula is C22H20N2O3. The Labute approximate surface area is 156 Å². The average Bonchev–Trinajstić information content (AvgIpc) is 2.69. The average molecular weight is 360 g/mol. The first kappa shape index (κ1) is 17.2. The lowest BCUT2D eigenvalue weighted by Gasteiger charge is -2.26. The second-order valence-electron chi connectivity index (χ2n) is 6.64. The summed E-state index contributed by atoms with van der Waals surface area (Å²) in [5.74, 6) is -1.02. The minimum Gasteiger partial charge on any atom is -0.478 e. The summed E-state index contributed by atoms with van der Waals surface area (Å²) in [5, 5.41) is 10.9. The maximum atomic E-state index is 13.3. The molecule has 27 heavy (non-hydrogen) atoms. The van der Waals surface area contributed by atoms with Crippen molar-refractivity contribution in [1.82, 2.24) is 9.47 Å². The molecule has 5 heteroatoms. The third-order valence-electron chi connectivity index (χ3n) is 4.93. The predicted molar refractivity (Wildman–Crippen MR) is 106 cm³/mol. The Kier molecular flexibility index (Phi) is 4.60. The Hall–Kier alpha value is -3.18. The summed E-state index contributed by atoms with van der Waals surface area (Å²) in [6.07, 6.45) is 5.13. The highest BCUT2D eigenvalue weighted by Crippen LogP contribution is 2.24. The molecule has 0 spiro atoms. The van der Waals surface area contributed by atoms with E-state index in [9.17, 15) is 14.7 Å². The van der Waals surface area contributed by atoms with Crippen LogP contribution in [0.2, 0.25) is 0 Å². The van der Waals surface area contributed by atoms with Gasteiger partial charge in [-0.2, -0.15) is 0 Å². The molecule has 0 atom stereocenters. The molecule has 5 nitrogen and oxygen atoms in total. The number of benzene rings is 2. The zero-order valence-corrected chi connectivity index (χ0v) is 14.8. The molecule has 4 rings (SSSR count). The van der Waals surface area contributed by atoms with Gasteiger partial charge in [-0.3, -0.25) is 14.3 Å². The highest BCUT2D eigenvalue weighted by Gasteiger charge is 2.23. The van der Waals surface area contributed by atoms with Gasteiger partial charge in [-0.25, -0.2) is 4.79 Å². The molecule has 2 heterocycles. The van der Waals surface area contributed by atoms with E-state index in [1.165, 1.54) is 0 Å². The van der Waals surface area contributed by atoms with E-state index < -0.39 is 5.97 Å². The zero-order chi connectivity index (χ0) is 18.8. The maximum Gasteiger partial charge on any atom is 0.338 e. The first-order chi connectivity index (χ1) is 13.2. The Morgan fingerprint density at radius 3 is 2.33 bits per heavy atom. The van der Waals surface area contributed by atoms with Crippen LogP contribution in [0.15, 0.2) is 71.5 Å². The molecule has 3 aromatic rings. The van der Waals surface area contributed by atoms with Gasteiger partial charge in [-0.1, -0.05) is 48.6 Å². The highest BCUT2D eigenvalue weighted by atomic mass is 16.4. The Morgan fingerprint density at radius 1 is 0.963 bits per heavy atom. The van der Waals surface area contributed by atoms with Gasteiger partial charge in [0, 0.05) is 36.1 Å². The second-order valence-corrected chi connectivity index (χ2v) is 6.64. The van der Waals surface area contributed by atoms with Crippen molar-refractivity contribution >= 4 is 16.7 Å². The van der Waals surface area contributed by atoms with Crippen molar-refractivity contribution in [3.05, 3.63) is 88.4 Å². The van der Waals surface area contributed by atoms with Gasteiger partial charge in [0.05, 0.1) is 11.3 Å². The van der Waals surface area contributed by atoms with Crippen molar-refractivity contribution in [2.45, 2.75) is 13.0 Å². The molecule has 1 aliphatic rings. The fourth-order valence-corrected chi connectivity index (χ4v) is 3.68. The highest BCUT2D eigenvalue weighted by molar-refractivity contribution is 6.04. The zero-order valence-electron chi connectivity index (χ0n) is 14.8. The first-order valence-electron chi connectivity index (χ1n) is 8.99. The number of hydrogen-bond acceptors (Lipinski definition) is 3. The number of carbonyl (C=O) groups is 1. The summed E-state index contributed by atoms with van der Waals surface area (Å²) >= 11 is 0. The van der Waals surface area contributed by atoms with E-state index in [2.05, 4.69) is 17.1 Å². The number of aromatic carboxylic acids is 1. The summed E-state index contributed by atoms with van der Waals surface area (Å²) in [4.78, 5) is 27.7. The number of carboxylic acid groups (broad SMARTS) is 1. The van der Waals surface area contributed by atoms with Crippen LogP contribution in [0, 0.1) is 0 Å². The molecule has 1 aromatic heterocycles. The van der Waals surface area contributed by atoms with Crippen LogP contribution in [0.1, 0.15) is 22.5 Å². The van der Waals surface area contributed by atoms with E-state index in [-0.39, 0.29) is 11.1 Å². The topological polar surface area (TPSA) is 62.5 Å². The molecule has 1 aliphatic heterocycles. The van der Waals surface area contributed by atoms with Crippen LogP contribution in [-0.2, 0) is 6.54 Å². The largest absolute Gasteiger partial charge is 0.478 e. The van der Waals surface area contributed by atoms with Crippen molar-refractivity contribution in [3.8, 4) is 5.69 Å². The summed E-state index contributed by atoms with van der Waals surface area (Å²) in [6.45, 7) is 1.99. The van der Waals surface area contributed by atoms with Gasteiger partial charge in [0.2, 0.25) is 0 Å². The van der Waals surface area contributed by atoms with Gasteiger partial charge in [0.25, 0.3) is 5.56 Å². The molecular weight excluding hydrogens is 340 g/mol. The molecule has 0 saturated carbocycles. The Balaban J connectivity index is 2.04. The number of fused-ring (bicyclic) bond motifs is 1. The smallest absolute Gasteiger partial charge is 0.338 e. The summed E-state index contributed by atoms with van der Waals surface area (Å²) in [7, 11) is 0. The maximum absolute atomic E-state index is 13.3. The SMILES string of the molecule is O=C(O)c1c(CN2CC=CCC2)n(-c2ccccc2)c(=O)c2ccccc12. The summed E-state index contributed by atoms with van der Waals surface area (Å²) in [5.41, 5.74) is 1.21. The molecule has 0 bridgehead atoms.